The Balaban J connectivity index is 2.13. The van der Waals surface area contributed by atoms with Gasteiger partial charge in [0.25, 0.3) is 0 Å². The van der Waals surface area contributed by atoms with Gasteiger partial charge in [0.15, 0.2) is 11.6 Å². The van der Waals surface area contributed by atoms with Crippen molar-refractivity contribution in [3.05, 3.63) is 24.3 Å². The zero-order valence-corrected chi connectivity index (χ0v) is 15.4. The van der Waals surface area contributed by atoms with Gasteiger partial charge in [0.05, 0.1) is 19.3 Å². The Morgan fingerprint density at radius 1 is 1.32 bits per heavy atom. The van der Waals surface area contributed by atoms with E-state index in [1.54, 1.807) is 36.8 Å². The summed E-state index contributed by atoms with van der Waals surface area (Å²) < 4.78 is 21.8. The van der Waals surface area contributed by atoms with Crippen molar-refractivity contribution in [2.45, 2.75) is 13.0 Å². The number of ether oxygens (including phenoxy) is 1. The largest absolute Gasteiger partial charge is 0.384 e. The van der Waals surface area contributed by atoms with Crippen LogP contribution in [0.3, 0.4) is 0 Å². The van der Waals surface area contributed by atoms with E-state index in [9.17, 15) is 4.21 Å². The van der Waals surface area contributed by atoms with Gasteiger partial charge in [-0.1, -0.05) is 6.07 Å². The molecular formula is C16H22N6O2S. The molecule has 0 unspecified atom stereocenters. The summed E-state index contributed by atoms with van der Waals surface area (Å²) in [5.41, 5.74) is 6.33. The summed E-state index contributed by atoms with van der Waals surface area (Å²) in [5.74, 6) is 1.88. The Kier molecular flexibility index (Phi) is 4.87. The summed E-state index contributed by atoms with van der Waals surface area (Å²) in [6, 6.07) is 7.21. The van der Waals surface area contributed by atoms with E-state index < -0.39 is 9.73 Å². The molecular weight excluding hydrogens is 340 g/mol. The molecule has 25 heavy (non-hydrogen) atoms. The Hall–Kier alpha value is -2.26. The van der Waals surface area contributed by atoms with E-state index in [1.165, 1.54) is 0 Å². The molecule has 2 N–H and O–H groups in total. The molecule has 0 spiro atoms. The van der Waals surface area contributed by atoms with Crippen molar-refractivity contribution >= 4 is 27.2 Å². The van der Waals surface area contributed by atoms with Crippen LogP contribution in [0.1, 0.15) is 6.92 Å². The second kappa shape index (κ2) is 6.93. The lowest BCUT2D eigenvalue weighted by molar-refractivity contribution is 0.0985. The fourth-order valence-electron chi connectivity index (χ4n) is 2.60. The molecule has 9 heteroatoms. The van der Waals surface area contributed by atoms with Gasteiger partial charge in [0.1, 0.15) is 17.3 Å². The molecule has 1 aliphatic heterocycles. The molecule has 1 fully saturated rings. The van der Waals surface area contributed by atoms with E-state index >= 15 is 0 Å². The SMILES string of the molecule is C[C@@H]1COCCN1c1cc(N=S(C)(C)=O)nc(-c2cccc(N)n2)n1. The third-order valence-electron chi connectivity index (χ3n) is 3.67. The number of nitrogen functional groups attached to an aromatic ring is 1. The molecule has 1 aliphatic rings. The molecule has 0 aromatic carbocycles. The number of hydrogen-bond acceptors (Lipinski definition) is 8. The van der Waals surface area contributed by atoms with Crippen molar-refractivity contribution in [3.63, 3.8) is 0 Å². The standard InChI is InChI=1S/C16H22N6O2S/c1-11-10-24-8-7-22(11)15-9-14(21-25(2,3)23)19-16(20-15)12-5-4-6-13(17)18-12/h4-6,9,11H,7-8,10H2,1-3H3,(H2,17,18)/t11-/m1/s1. The maximum atomic E-state index is 12.1. The normalized spacial score (nSPS) is 18.2. The van der Waals surface area contributed by atoms with E-state index in [4.69, 9.17) is 10.5 Å². The van der Waals surface area contributed by atoms with Gasteiger partial charge in [-0.3, -0.25) is 0 Å². The molecule has 2 aromatic heterocycles. The van der Waals surface area contributed by atoms with Gasteiger partial charge < -0.3 is 15.4 Å². The van der Waals surface area contributed by atoms with E-state index in [0.29, 0.717) is 42.2 Å². The minimum atomic E-state index is -2.35. The first kappa shape index (κ1) is 17.6. The Bertz CT molecular complexity index is 886. The average molecular weight is 362 g/mol. The first-order chi connectivity index (χ1) is 11.8. The first-order valence-corrected chi connectivity index (χ1v) is 10.3. The maximum Gasteiger partial charge on any atom is 0.182 e. The zero-order chi connectivity index (χ0) is 18.0. The van der Waals surface area contributed by atoms with Crippen LogP contribution in [-0.2, 0) is 14.5 Å². The third kappa shape index (κ3) is 4.43. The summed E-state index contributed by atoms with van der Waals surface area (Å²) in [4.78, 5) is 15.5. The topological polar surface area (TPSA) is 107 Å². The number of rotatable bonds is 3. The second-order valence-electron chi connectivity index (χ2n) is 6.25. The van der Waals surface area contributed by atoms with Gasteiger partial charge in [0.2, 0.25) is 0 Å². The highest BCUT2D eigenvalue weighted by molar-refractivity contribution is 7.92. The van der Waals surface area contributed by atoms with Gasteiger partial charge in [0, 0.05) is 34.9 Å². The predicted octanol–water partition coefficient (Wildman–Crippen LogP) is 1.70. The molecule has 0 saturated carbocycles. The number of nitrogens with zero attached hydrogens (tertiary/aromatic N) is 5. The number of anilines is 2. The minimum absolute atomic E-state index is 0.172. The van der Waals surface area contributed by atoms with Crippen molar-refractivity contribution < 1.29 is 8.95 Å². The van der Waals surface area contributed by atoms with E-state index in [-0.39, 0.29) is 6.04 Å². The number of nitrogens with two attached hydrogens (primary N) is 1. The Labute approximate surface area is 147 Å². The van der Waals surface area contributed by atoms with Gasteiger partial charge in [-0.2, -0.15) is 4.36 Å². The molecule has 134 valence electrons. The van der Waals surface area contributed by atoms with E-state index in [1.807, 2.05) is 0 Å². The van der Waals surface area contributed by atoms with E-state index in [0.717, 1.165) is 6.54 Å². The van der Waals surface area contributed by atoms with Crippen LogP contribution >= 0.6 is 0 Å². The molecule has 0 aliphatic carbocycles. The van der Waals surface area contributed by atoms with Crippen molar-refractivity contribution in [1.82, 2.24) is 15.0 Å². The molecule has 1 atom stereocenters. The number of pyridine rings is 1. The first-order valence-electron chi connectivity index (χ1n) is 7.95. The summed E-state index contributed by atoms with van der Waals surface area (Å²) in [7, 11) is -2.35. The molecule has 3 heterocycles. The molecule has 1 saturated heterocycles. The fourth-order valence-corrected chi connectivity index (χ4v) is 3.14. The van der Waals surface area contributed by atoms with Gasteiger partial charge in [-0.15, -0.1) is 0 Å². The van der Waals surface area contributed by atoms with Crippen molar-refractivity contribution in [1.29, 1.82) is 0 Å². The lowest BCUT2D eigenvalue weighted by Crippen LogP contribution is -2.44. The number of hydrogen-bond donors (Lipinski definition) is 1. The number of morpholine rings is 1. The van der Waals surface area contributed by atoms with Crippen LogP contribution < -0.4 is 10.6 Å². The van der Waals surface area contributed by atoms with Crippen molar-refractivity contribution in [3.8, 4) is 11.5 Å². The molecule has 2 aromatic rings. The van der Waals surface area contributed by atoms with Crippen LogP contribution in [0.4, 0.5) is 17.5 Å². The monoisotopic (exact) mass is 362 g/mol. The Morgan fingerprint density at radius 3 is 2.80 bits per heavy atom. The molecule has 3 rings (SSSR count). The highest BCUT2D eigenvalue weighted by Crippen LogP contribution is 2.26. The summed E-state index contributed by atoms with van der Waals surface area (Å²) >= 11 is 0. The smallest absolute Gasteiger partial charge is 0.182 e. The quantitative estimate of drug-likeness (QED) is 0.885. The average Bonchev–Trinajstić information content (AvgIpc) is 2.53. The number of aromatic nitrogens is 3. The minimum Gasteiger partial charge on any atom is -0.384 e. The summed E-state index contributed by atoms with van der Waals surface area (Å²) in [6.45, 7) is 4.04. The summed E-state index contributed by atoms with van der Waals surface area (Å²) in [5, 5.41) is 0. The molecule has 0 radical (unpaired) electrons. The lowest BCUT2D eigenvalue weighted by atomic mass is 10.2. The third-order valence-corrected chi connectivity index (χ3v) is 4.30. The fraction of sp³-hybridized carbons (Fsp3) is 0.438. The van der Waals surface area contributed by atoms with E-state index in [2.05, 4.69) is 31.1 Å². The molecule has 0 amide bonds. The van der Waals surface area contributed by atoms with Gasteiger partial charge in [-0.25, -0.2) is 19.2 Å². The second-order valence-corrected chi connectivity index (χ2v) is 8.79. The zero-order valence-electron chi connectivity index (χ0n) is 14.5. The highest BCUT2D eigenvalue weighted by atomic mass is 32.2. The van der Waals surface area contributed by atoms with Crippen LogP contribution in [0.2, 0.25) is 0 Å². The van der Waals surface area contributed by atoms with Crippen molar-refractivity contribution in [2.24, 2.45) is 4.36 Å². The van der Waals surface area contributed by atoms with Crippen LogP contribution in [0.25, 0.3) is 11.5 Å². The van der Waals surface area contributed by atoms with Crippen LogP contribution in [-0.4, -0.2) is 57.5 Å². The molecule has 8 nitrogen and oxygen atoms in total. The van der Waals surface area contributed by atoms with Crippen LogP contribution in [0, 0.1) is 0 Å². The molecule has 0 bridgehead atoms. The highest BCUT2D eigenvalue weighted by Gasteiger charge is 2.22. The van der Waals surface area contributed by atoms with Crippen LogP contribution in [0.5, 0.6) is 0 Å². The summed E-state index contributed by atoms with van der Waals surface area (Å²) in [6.07, 6.45) is 3.15. The van der Waals surface area contributed by atoms with Gasteiger partial charge in [-0.05, 0) is 19.1 Å². The maximum absolute atomic E-state index is 12.1. The Morgan fingerprint density at radius 2 is 2.12 bits per heavy atom. The predicted molar refractivity (Wildman–Crippen MR) is 99.4 cm³/mol. The lowest BCUT2D eigenvalue weighted by Gasteiger charge is -2.34. The van der Waals surface area contributed by atoms with Gasteiger partial charge >= 0.3 is 0 Å². The van der Waals surface area contributed by atoms with Crippen LogP contribution in [0.15, 0.2) is 28.6 Å². The van der Waals surface area contributed by atoms with Crippen molar-refractivity contribution in [2.75, 3.05) is 42.9 Å².